The smallest absolute Gasteiger partial charge is 0.253 e. The molecule has 0 aromatic heterocycles. The molecule has 1 aliphatic rings. The lowest BCUT2D eigenvalue weighted by atomic mass is 10.2. The van der Waals surface area contributed by atoms with Crippen LogP contribution in [0.15, 0.2) is 18.2 Å². The van der Waals surface area contributed by atoms with Crippen molar-refractivity contribution in [3.8, 4) is 0 Å². The Kier molecular flexibility index (Phi) is 8.41. The van der Waals surface area contributed by atoms with Gasteiger partial charge in [0.25, 0.3) is 5.91 Å². The highest BCUT2D eigenvalue weighted by Gasteiger charge is 2.27. The highest BCUT2D eigenvalue weighted by molar-refractivity contribution is 6.36. The second-order valence-corrected chi connectivity index (χ2v) is 7.07. The highest BCUT2D eigenvalue weighted by Crippen LogP contribution is 2.20. The fourth-order valence-corrected chi connectivity index (χ4v) is 3.06. The van der Waals surface area contributed by atoms with Crippen molar-refractivity contribution in [3.05, 3.63) is 33.8 Å². The first kappa shape index (κ1) is 22.6. The zero-order chi connectivity index (χ0) is 21.4. The van der Waals surface area contributed by atoms with Crippen molar-refractivity contribution in [2.24, 2.45) is 0 Å². The van der Waals surface area contributed by atoms with Crippen LogP contribution < -0.4 is 16.0 Å². The number of hydrogen-bond donors (Lipinski definition) is 3. The van der Waals surface area contributed by atoms with Crippen LogP contribution in [0.4, 0.5) is 0 Å². The quantitative estimate of drug-likeness (QED) is 0.379. The Bertz CT molecular complexity index is 814. The molecule has 1 aromatic carbocycles. The second-order valence-electron chi connectivity index (χ2n) is 6.23. The maximum Gasteiger partial charge on any atom is 0.253 e. The van der Waals surface area contributed by atoms with Gasteiger partial charge in [0, 0.05) is 31.0 Å². The average Bonchev–Trinajstić information content (AvgIpc) is 2.99. The third kappa shape index (κ3) is 7.03. The zero-order valence-corrected chi connectivity index (χ0v) is 16.9. The van der Waals surface area contributed by atoms with Crippen LogP contribution in [0.3, 0.4) is 0 Å². The van der Waals surface area contributed by atoms with E-state index in [1.165, 1.54) is 23.1 Å². The molecular weight excluding hydrogens is 423 g/mol. The number of nitrogens with zero attached hydrogens (tertiary/aromatic N) is 1. The minimum Gasteiger partial charge on any atom is -0.355 e. The number of carbonyl (C=O) groups is 5. The summed E-state index contributed by atoms with van der Waals surface area (Å²) >= 11 is 11.7. The minimum atomic E-state index is -0.549. The van der Waals surface area contributed by atoms with Gasteiger partial charge in [-0.1, -0.05) is 23.2 Å². The zero-order valence-electron chi connectivity index (χ0n) is 15.4. The molecule has 0 unspecified atom stereocenters. The van der Waals surface area contributed by atoms with Gasteiger partial charge >= 0.3 is 0 Å². The summed E-state index contributed by atoms with van der Waals surface area (Å²) in [6, 6.07) is 4.36. The molecule has 29 heavy (non-hydrogen) atoms. The Morgan fingerprint density at radius 2 is 1.55 bits per heavy atom. The Morgan fingerprint density at radius 1 is 0.931 bits per heavy atom. The van der Waals surface area contributed by atoms with Crippen molar-refractivity contribution in [2.45, 2.75) is 19.3 Å². The maximum atomic E-state index is 12.0. The van der Waals surface area contributed by atoms with Gasteiger partial charge in [0.05, 0.1) is 23.7 Å². The van der Waals surface area contributed by atoms with Gasteiger partial charge in [-0.05, 0) is 24.6 Å². The molecule has 0 atom stereocenters. The molecule has 3 N–H and O–H groups in total. The van der Waals surface area contributed by atoms with Crippen molar-refractivity contribution in [1.82, 2.24) is 20.9 Å². The Balaban J connectivity index is 1.60. The van der Waals surface area contributed by atoms with Crippen molar-refractivity contribution < 1.29 is 24.0 Å². The predicted molar refractivity (Wildman–Crippen MR) is 105 cm³/mol. The standard InChI is InChI=1S/C18H20Cl2N4O5/c19-11-2-3-12(13(20)8-11)18(29)23-10-15(26)22-9-14(25)21-6-1-7-24-16(27)4-5-17(24)28/h2-3,8H,1,4-7,9-10H2,(H,21,25)(H,22,26)(H,23,29). The Labute approximate surface area is 177 Å². The number of nitrogens with one attached hydrogen (secondary N) is 3. The highest BCUT2D eigenvalue weighted by atomic mass is 35.5. The molecule has 11 heteroatoms. The van der Waals surface area contributed by atoms with E-state index in [-0.39, 0.29) is 61.4 Å². The molecule has 0 spiro atoms. The number of benzene rings is 1. The van der Waals surface area contributed by atoms with Gasteiger partial charge in [-0.2, -0.15) is 0 Å². The van der Waals surface area contributed by atoms with E-state index < -0.39 is 17.7 Å². The van der Waals surface area contributed by atoms with E-state index in [1.807, 2.05) is 0 Å². The molecule has 2 rings (SSSR count). The van der Waals surface area contributed by atoms with Gasteiger partial charge in [0.2, 0.25) is 23.6 Å². The lowest BCUT2D eigenvalue weighted by Gasteiger charge is -2.13. The molecule has 1 fully saturated rings. The van der Waals surface area contributed by atoms with Crippen LogP contribution in [0.1, 0.15) is 29.6 Å². The summed E-state index contributed by atoms with van der Waals surface area (Å²) in [7, 11) is 0. The molecular formula is C18H20Cl2N4O5. The van der Waals surface area contributed by atoms with E-state index >= 15 is 0 Å². The molecule has 0 saturated carbocycles. The molecule has 1 heterocycles. The fourth-order valence-electron chi connectivity index (χ4n) is 2.57. The van der Waals surface area contributed by atoms with Crippen molar-refractivity contribution >= 4 is 52.7 Å². The summed E-state index contributed by atoms with van der Waals surface area (Å²) in [4.78, 5) is 59.6. The lowest BCUT2D eigenvalue weighted by Crippen LogP contribution is -2.42. The van der Waals surface area contributed by atoms with E-state index in [0.29, 0.717) is 11.4 Å². The number of halogens is 2. The molecule has 0 aliphatic carbocycles. The minimum absolute atomic E-state index is 0.159. The van der Waals surface area contributed by atoms with Crippen molar-refractivity contribution in [1.29, 1.82) is 0 Å². The van der Waals surface area contributed by atoms with Gasteiger partial charge in [0.1, 0.15) is 0 Å². The van der Waals surface area contributed by atoms with Crippen LogP contribution in [0, 0.1) is 0 Å². The normalized spacial score (nSPS) is 13.4. The summed E-state index contributed by atoms with van der Waals surface area (Å²) < 4.78 is 0. The molecule has 5 amide bonds. The van der Waals surface area contributed by atoms with Gasteiger partial charge in [-0.15, -0.1) is 0 Å². The number of likely N-dealkylation sites (tertiary alicyclic amines) is 1. The SMILES string of the molecule is O=C(CNC(=O)CNC(=O)c1ccc(Cl)cc1Cl)NCCCN1C(=O)CCC1=O. The molecule has 0 radical (unpaired) electrons. The average molecular weight is 443 g/mol. The fraction of sp³-hybridized carbons (Fsp3) is 0.389. The van der Waals surface area contributed by atoms with Crippen LogP contribution >= 0.6 is 23.2 Å². The maximum absolute atomic E-state index is 12.0. The monoisotopic (exact) mass is 442 g/mol. The van der Waals surface area contributed by atoms with Gasteiger partial charge in [-0.25, -0.2) is 0 Å². The van der Waals surface area contributed by atoms with E-state index in [1.54, 1.807) is 0 Å². The molecule has 156 valence electrons. The third-order valence-electron chi connectivity index (χ3n) is 4.07. The van der Waals surface area contributed by atoms with Gasteiger partial charge in [0.15, 0.2) is 0 Å². The van der Waals surface area contributed by atoms with Gasteiger partial charge in [-0.3, -0.25) is 28.9 Å². The number of rotatable bonds is 9. The van der Waals surface area contributed by atoms with Crippen LogP contribution in [0.25, 0.3) is 0 Å². The van der Waals surface area contributed by atoms with E-state index in [2.05, 4.69) is 16.0 Å². The molecule has 1 saturated heterocycles. The summed E-state index contributed by atoms with van der Waals surface area (Å²) in [6.07, 6.45) is 0.894. The van der Waals surface area contributed by atoms with E-state index in [4.69, 9.17) is 23.2 Å². The third-order valence-corrected chi connectivity index (χ3v) is 4.61. The summed E-state index contributed by atoms with van der Waals surface area (Å²) in [6.45, 7) is -0.0800. The first-order chi connectivity index (χ1) is 13.8. The van der Waals surface area contributed by atoms with Crippen LogP contribution in [-0.2, 0) is 19.2 Å². The molecule has 1 aromatic rings. The molecule has 1 aliphatic heterocycles. The predicted octanol–water partition coefficient (Wildman–Crippen LogP) is 0.495. The first-order valence-corrected chi connectivity index (χ1v) is 9.63. The first-order valence-electron chi connectivity index (χ1n) is 8.87. The summed E-state index contributed by atoms with van der Waals surface area (Å²) in [5.74, 6) is -1.92. The summed E-state index contributed by atoms with van der Waals surface area (Å²) in [5, 5.41) is 7.88. The Morgan fingerprint density at radius 3 is 2.21 bits per heavy atom. The number of carbonyl (C=O) groups excluding carboxylic acids is 5. The molecule has 9 nitrogen and oxygen atoms in total. The number of imide groups is 1. The Hall–Kier alpha value is -2.65. The van der Waals surface area contributed by atoms with Gasteiger partial charge < -0.3 is 16.0 Å². The second kappa shape index (κ2) is 10.8. The summed E-state index contributed by atoms with van der Waals surface area (Å²) in [5.41, 5.74) is 0.177. The van der Waals surface area contributed by atoms with E-state index in [0.717, 1.165) is 0 Å². The number of amides is 5. The van der Waals surface area contributed by atoms with Crippen molar-refractivity contribution in [3.63, 3.8) is 0 Å². The largest absolute Gasteiger partial charge is 0.355 e. The number of hydrogen-bond acceptors (Lipinski definition) is 5. The van der Waals surface area contributed by atoms with Crippen LogP contribution in [0.2, 0.25) is 10.0 Å². The van der Waals surface area contributed by atoms with E-state index in [9.17, 15) is 24.0 Å². The van der Waals surface area contributed by atoms with Crippen molar-refractivity contribution in [2.75, 3.05) is 26.2 Å². The molecule has 0 bridgehead atoms. The van der Waals surface area contributed by atoms with Crippen LogP contribution in [-0.4, -0.2) is 60.6 Å². The lowest BCUT2D eigenvalue weighted by molar-refractivity contribution is -0.138. The topological polar surface area (TPSA) is 125 Å². The van der Waals surface area contributed by atoms with Crippen LogP contribution in [0.5, 0.6) is 0 Å².